The number of sulfonamides is 1. The number of anilines is 1. The second-order valence-corrected chi connectivity index (χ2v) is 9.38. The lowest BCUT2D eigenvalue weighted by Crippen LogP contribution is -2.43. The summed E-state index contributed by atoms with van der Waals surface area (Å²) in [6.45, 7) is 4.69. The van der Waals surface area contributed by atoms with E-state index >= 15 is 0 Å². The predicted octanol–water partition coefficient (Wildman–Crippen LogP) is 2.29. The first-order chi connectivity index (χ1) is 14.3. The van der Waals surface area contributed by atoms with E-state index in [-0.39, 0.29) is 21.8 Å². The predicted molar refractivity (Wildman–Crippen MR) is 115 cm³/mol. The highest BCUT2D eigenvalue weighted by Gasteiger charge is 2.20. The number of nitrogens with one attached hydrogen (secondary N) is 1. The third-order valence-corrected chi connectivity index (χ3v) is 6.78. The van der Waals surface area contributed by atoms with Crippen molar-refractivity contribution < 1.29 is 17.8 Å². The van der Waals surface area contributed by atoms with Crippen molar-refractivity contribution in [2.24, 2.45) is 5.14 Å². The van der Waals surface area contributed by atoms with Crippen LogP contribution in [0.5, 0.6) is 0 Å². The van der Waals surface area contributed by atoms with Gasteiger partial charge in [0.25, 0.3) is 10.0 Å². The molecule has 0 atom stereocenters. The SMILES string of the molecule is CCc1cc(-c2ccccc2)cc(CC)[n+]1CCC(=O)Nc1nnc(S(N)(=O)=O)s1. The molecule has 2 heterocycles. The lowest BCUT2D eigenvalue weighted by atomic mass is 10.0. The number of amides is 1. The number of nitrogens with two attached hydrogens (primary N) is 1. The number of aromatic nitrogens is 3. The molecule has 0 fully saturated rings. The summed E-state index contributed by atoms with van der Waals surface area (Å²) in [4.78, 5) is 12.4. The first kappa shape index (κ1) is 22.0. The van der Waals surface area contributed by atoms with Gasteiger partial charge in [-0.05, 0) is 11.1 Å². The minimum Gasteiger partial charge on any atom is -0.300 e. The fourth-order valence-electron chi connectivity index (χ4n) is 3.18. The highest BCUT2D eigenvalue weighted by Crippen LogP contribution is 2.21. The minimum absolute atomic E-state index is 0.111. The number of benzene rings is 1. The van der Waals surface area contributed by atoms with Crippen LogP contribution in [-0.4, -0.2) is 24.5 Å². The molecule has 158 valence electrons. The van der Waals surface area contributed by atoms with Crippen molar-refractivity contribution in [1.82, 2.24) is 10.2 Å². The molecular weight excluding hydrogens is 422 g/mol. The molecule has 0 bridgehead atoms. The first-order valence-corrected chi connectivity index (χ1v) is 11.9. The van der Waals surface area contributed by atoms with Crippen molar-refractivity contribution in [2.75, 3.05) is 5.32 Å². The lowest BCUT2D eigenvalue weighted by molar-refractivity contribution is -0.709. The number of carbonyl (C=O) groups is 1. The zero-order valence-electron chi connectivity index (χ0n) is 16.8. The maximum atomic E-state index is 12.4. The fraction of sp³-hybridized carbons (Fsp3) is 0.300. The summed E-state index contributed by atoms with van der Waals surface area (Å²) in [5, 5.41) is 14.9. The van der Waals surface area contributed by atoms with Crippen LogP contribution in [0.2, 0.25) is 0 Å². The highest BCUT2D eigenvalue weighted by molar-refractivity contribution is 7.91. The van der Waals surface area contributed by atoms with Gasteiger partial charge in [0.1, 0.15) is 0 Å². The Kier molecular flexibility index (Phi) is 6.91. The van der Waals surface area contributed by atoms with Crippen molar-refractivity contribution in [2.45, 2.75) is 44.0 Å². The van der Waals surface area contributed by atoms with Crippen LogP contribution in [0.15, 0.2) is 46.8 Å². The third-order valence-electron chi connectivity index (χ3n) is 4.63. The summed E-state index contributed by atoms with van der Waals surface area (Å²) < 4.78 is 24.4. The maximum Gasteiger partial charge on any atom is 0.267 e. The fourth-order valence-corrected chi connectivity index (χ4v) is 4.53. The number of nitrogens with zero attached hydrogens (tertiary/aromatic N) is 3. The molecular formula is C20H24N5O3S2+. The second-order valence-electron chi connectivity index (χ2n) is 6.67. The van der Waals surface area contributed by atoms with Gasteiger partial charge in [0.2, 0.25) is 15.4 Å². The van der Waals surface area contributed by atoms with Gasteiger partial charge in [-0.1, -0.05) is 55.5 Å². The molecule has 3 N–H and O–H groups in total. The van der Waals surface area contributed by atoms with Crippen LogP contribution in [0.4, 0.5) is 5.13 Å². The summed E-state index contributed by atoms with van der Waals surface area (Å²) in [6, 6.07) is 14.5. The zero-order valence-corrected chi connectivity index (χ0v) is 18.5. The number of primary sulfonamides is 1. The molecule has 0 aliphatic heterocycles. The number of rotatable bonds is 8. The smallest absolute Gasteiger partial charge is 0.267 e. The molecule has 3 aromatic rings. The quantitative estimate of drug-likeness (QED) is 0.406. The van der Waals surface area contributed by atoms with Crippen LogP contribution in [0.3, 0.4) is 0 Å². The molecule has 2 aromatic heterocycles. The Morgan fingerprint density at radius 1 is 1.07 bits per heavy atom. The monoisotopic (exact) mass is 446 g/mol. The van der Waals surface area contributed by atoms with Gasteiger partial charge in [-0.15, -0.1) is 10.2 Å². The molecule has 0 aliphatic carbocycles. The van der Waals surface area contributed by atoms with Gasteiger partial charge >= 0.3 is 0 Å². The summed E-state index contributed by atoms with van der Waals surface area (Å²) in [6.07, 6.45) is 1.90. The Balaban J connectivity index is 1.75. The van der Waals surface area contributed by atoms with E-state index in [0.29, 0.717) is 6.54 Å². The molecule has 0 unspecified atom stereocenters. The van der Waals surface area contributed by atoms with E-state index in [1.165, 1.54) is 0 Å². The second kappa shape index (κ2) is 9.41. The van der Waals surface area contributed by atoms with Gasteiger partial charge in [0.05, 0.1) is 6.42 Å². The maximum absolute atomic E-state index is 12.4. The normalized spacial score (nSPS) is 11.4. The number of hydrogen-bond donors (Lipinski definition) is 2. The topological polar surface area (TPSA) is 119 Å². The first-order valence-electron chi connectivity index (χ1n) is 9.59. The van der Waals surface area contributed by atoms with Gasteiger partial charge in [-0.25, -0.2) is 13.6 Å². The van der Waals surface area contributed by atoms with Crippen LogP contribution >= 0.6 is 11.3 Å². The largest absolute Gasteiger partial charge is 0.300 e. The van der Waals surface area contributed by atoms with Crippen LogP contribution in [0.25, 0.3) is 11.1 Å². The van der Waals surface area contributed by atoms with Crippen molar-refractivity contribution in [3.63, 3.8) is 0 Å². The van der Waals surface area contributed by atoms with Crippen LogP contribution in [0, 0.1) is 0 Å². The van der Waals surface area contributed by atoms with Crippen molar-refractivity contribution in [3.8, 4) is 11.1 Å². The van der Waals surface area contributed by atoms with Crippen LogP contribution < -0.4 is 15.0 Å². The average molecular weight is 447 g/mol. The molecule has 8 nitrogen and oxygen atoms in total. The van der Waals surface area contributed by atoms with Crippen molar-refractivity contribution in [1.29, 1.82) is 0 Å². The molecule has 3 rings (SSSR count). The third kappa shape index (κ3) is 5.26. The van der Waals surface area contributed by atoms with E-state index in [1.54, 1.807) is 0 Å². The Labute approximate surface area is 179 Å². The highest BCUT2D eigenvalue weighted by atomic mass is 32.2. The van der Waals surface area contributed by atoms with E-state index in [0.717, 1.165) is 46.7 Å². The van der Waals surface area contributed by atoms with Gasteiger partial charge in [0.15, 0.2) is 17.9 Å². The molecule has 0 spiro atoms. The van der Waals surface area contributed by atoms with E-state index in [2.05, 4.69) is 58.2 Å². The Morgan fingerprint density at radius 2 is 1.70 bits per heavy atom. The zero-order chi connectivity index (χ0) is 21.7. The molecule has 30 heavy (non-hydrogen) atoms. The standard InChI is InChI=1S/C20H23N5O3S2/c1-3-16-12-15(14-8-6-5-7-9-14)13-17(4-2)25(16)11-10-18(26)22-19-23-24-20(29-19)30(21,27)28/h5-9,12-13H,3-4,10-11H2,1-2H3,(H2-,21,22,23,26,27,28)/p+1. The van der Waals surface area contributed by atoms with Gasteiger partial charge < -0.3 is 5.32 Å². The van der Waals surface area contributed by atoms with Crippen molar-refractivity contribution in [3.05, 3.63) is 53.9 Å². The van der Waals surface area contributed by atoms with Gasteiger partial charge in [-0.3, -0.25) is 4.79 Å². The number of pyridine rings is 1. The van der Waals surface area contributed by atoms with E-state index in [9.17, 15) is 13.2 Å². The molecule has 0 saturated carbocycles. The molecule has 0 saturated heterocycles. The molecule has 0 aliphatic rings. The summed E-state index contributed by atoms with van der Waals surface area (Å²) >= 11 is 0.731. The average Bonchev–Trinajstić information content (AvgIpc) is 3.21. The molecule has 10 heteroatoms. The Bertz CT molecular complexity index is 1120. The van der Waals surface area contributed by atoms with Crippen LogP contribution in [-0.2, 0) is 34.2 Å². The summed E-state index contributed by atoms with van der Waals surface area (Å²) in [5.74, 6) is -0.268. The Morgan fingerprint density at radius 3 is 2.23 bits per heavy atom. The number of carbonyl (C=O) groups excluding carboxylic acids is 1. The van der Waals surface area contributed by atoms with Crippen molar-refractivity contribution >= 4 is 32.4 Å². The summed E-state index contributed by atoms with van der Waals surface area (Å²) in [5.41, 5.74) is 4.62. The lowest BCUT2D eigenvalue weighted by Gasteiger charge is -2.10. The van der Waals surface area contributed by atoms with E-state index < -0.39 is 10.0 Å². The Hall–Kier alpha value is -2.69. The van der Waals surface area contributed by atoms with Gasteiger partial charge in [0, 0.05) is 25.0 Å². The summed E-state index contributed by atoms with van der Waals surface area (Å²) in [7, 11) is -3.93. The molecule has 0 radical (unpaired) electrons. The van der Waals surface area contributed by atoms with Crippen LogP contribution in [0.1, 0.15) is 31.7 Å². The van der Waals surface area contributed by atoms with E-state index in [4.69, 9.17) is 5.14 Å². The molecule has 1 amide bonds. The van der Waals surface area contributed by atoms with Gasteiger partial charge in [-0.2, -0.15) is 4.57 Å². The number of aryl methyl sites for hydroxylation is 2. The van der Waals surface area contributed by atoms with E-state index in [1.807, 2.05) is 18.2 Å². The minimum atomic E-state index is -3.93. The number of hydrogen-bond acceptors (Lipinski definition) is 6. The molecule has 1 aromatic carbocycles.